The molecule has 0 radical (unpaired) electrons. The monoisotopic (exact) mass is 631 g/mol. The number of aryl methyl sites for hydroxylation is 1. The molecule has 7 nitrogen and oxygen atoms in total. The highest BCUT2D eigenvalue weighted by Crippen LogP contribution is 2.26. The first-order chi connectivity index (χ1) is 21.2. The van der Waals surface area contributed by atoms with E-state index in [-0.39, 0.29) is 23.8 Å². The summed E-state index contributed by atoms with van der Waals surface area (Å²) in [6.07, 6.45) is 1.93. The molecule has 0 aromatic heterocycles. The topological polar surface area (TPSA) is 86.8 Å². The molecule has 1 N–H and O–H groups in total. The van der Waals surface area contributed by atoms with Crippen LogP contribution in [0.2, 0.25) is 5.02 Å². The van der Waals surface area contributed by atoms with Gasteiger partial charge in [0.15, 0.2) is 0 Å². The summed E-state index contributed by atoms with van der Waals surface area (Å²) in [7, 11) is -4.14. The molecule has 9 heteroatoms. The molecule has 0 spiro atoms. The Morgan fingerprint density at radius 3 is 2.18 bits per heavy atom. The third kappa shape index (κ3) is 8.49. The minimum Gasteiger partial charge on any atom is -0.354 e. The fourth-order valence-electron chi connectivity index (χ4n) is 4.90. The van der Waals surface area contributed by atoms with E-state index in [4.69, 9.17) is 11.6 Å². The number of halogens is 1. The van der Waals surface area contributed by atoms with E-state index >= 15 is 0 Å². The number of hydrogen-bond donors (Lipinski definition) is 1. The van der Waals surface area contributed by atoms with Crippen LogP contribution in [0.15, 0.2) is 114 Å². The quantitative estimate of drug-likeness (QED) is 0.163. The number of sulfonamides is 1. The Morgan fingerprint density at radius 1 is 0.864 bits per heavy atom. The van der Waals surface area contributed by atoms with Gasteiger partial charge in [-0.1, -0.05) is 104 Å². The Labute approximate surface area is 265 Å². The second-order valence-electron chi connectivity index (χ2n) is 10.6. The van der Waals surface area contributed by atoms with E-state index in [0.29, 0.717) is 22.8 Å². The molecule has 0 saturated heterocycles. The van der Waals surface area contributed by atoms with Crippen molar-refractivity contribution in [1.82, 2.24) is 10.2 Å². The summed E-state index contributed by atoms with van der Waals surface area (Å²) < 4.78 is 29.2. The van der Waals surface area contributed by atoms with Gasteiger partial charge in [-0.25, -0.2) is 8.42 Å². The van der Waals surface area contributed by atoms with Crippen LogP contribution in [-0.4, -0.2) is 44.3 Å². The van der Waals surface area contributed by atoms with Crippen molar-refractivity contribution in [2.45, 2.75) is 50.6 Å². The highest BCUT2D eigenvalue weighted by Gasteiger charge is 2.34. The number of unbranched alkanes of at least 4 members (excludes halogenated alkanes) is 1. The van der Waals surface area contributed by atoms with Crippen LogP contribution in [-0.2, 0) is 32.6 Å². The molecule has 44 heavy (non-hydrogen) atoms. The van der Waals surface area contributed by atoms with Crippen molar-refractivity contribution in [3.63, 3.8) is 0 Å². The summed E-state index contributed by atoms with van der Waals surface area (Å²) in [5.74, 6) is -0.840. The zero-order valence-electron chi connectivity index (χ0n) is 25.0. The lowest BCUT2D eigenvalue weighted by atomic mass is 10.0. The molecular weight excluding hydrogens is 594 g/mol. The third-order valence-electron chi connectivity index (χ3n) is 7.30. The molecule has 0 aliphatic heterocycles. The van der Waals surface area contributed by atoms with Crippen molar-refractivity contribution >= 4 is 39.1 Å². The number of carbonyl (C=O) groups is 2. The number of anilines is 1. The van der Waals surface area contributed by atoms with E-state index < -0.39 is 28.5 Å². The molecule has 0 aliphatic carbocycles. The highest BCUT2D eigenvalue weighted by molar-refractivity contribution is 7.92. The minimum atomic E-state index is -4.14. The van der Waals surface area contributed by atoms with Gasteiger partial charge in [0, 0.05) is 24.5 Å². The lowest BCUT2D eigenvalue weighted by Crippen LogP contribution is -2.53. The van der Waals surface area contributed by atoms with Crippen molar-refractivity contribution in [3.8, 4) is 0 Å². The average Bonchev–Trinajstić information content (AvgIpc) is 3.03. The minimum absolute atomic E-state index is 0.0181. The van der Waals surface area contributed by atoms with Crippen LogP contribution in [0.3, 0.4) is 0 Å². The van der Waals surface area contributed by atoms with Crippen LogP contribution in [0.5, 0.6) is 0 Å². The largest absolute Gasteiger partial charge is 0.354 e. The van der Waals surface area contributed by atoms with Gasteiger partial charge in [0.1, 0.15) is 12.6 Å². The van der Waals surface area contributed by atoms with E-state index in [0.717, 1.165) is 28.3 Å². The predicted octanol–water partition coefficient (Wildman–Crippen LogP) is 6.40. The molecule has 0 fully saturated rings. The van der Waals surface area contributed by atoms with Crippen molar-refractivity contribution in [2.75, 3.05) is 17.4 Å². The number of benzene rings is 4. The van der Waals surface area contributed by atoms with E-state index in [1.807, 2.05) is 56.3 Å². The highest BCUT2D eigenvalue weighted by atomic mass is 35.5. The first-order valence-electron chi connectivity index (χ1n) is 14.7. The maximum Gasteiger partial charge on any atom is 0.264 e. The molecule has 1 atom stereocenters. The molecule has 230 valence electrons. The van der Waals surface area contributed by atoms with E-state index in [1.54, 1.807) is 54.6 Å². The van der Waals surface area contributed by atoms with Gasteiger partial charge in [0.25, 0.3) is 10.0 Å². The zero-order chi connectivity index (χ0) is 31.5. The van der Waals surface area contributed by atoms with Gasteiger partial charge in [0.2, 0.25) is 11.8 Å². The van der Waals surface area contributed by atoms with E-state index in [2.05, 4.69) is 5.32 Å². The second kappa shape index (κ2) is 15.5. The van der Waals surface area contributed by atoms with Crippen LogP contribution in [0.1, 0.15) is 36.5 Å². The van der Waals surface area contributed by atoms with Gasteiger partial charge in [0.05, 0.1) is 10.6 Å². The lowest BCUT2D eigenvalue weighted by molar-refractivity contribution is -0.140. The second-order valence-corrected chi connectivity index (χ2v) is 12.9. The molecule has 0 heterocycles. The molecular formula is C35H38ClN3O4S. The van der Waals surface area contributed by atoms with Crippen molar-refractivity contribution < 1.29 is 18.0 Å². The molecule has 0 aliphatic rings. The summed E-state index contributed by atoms with van der Waals surface area (Å²) in [6.45, 7) is 3.86. The molecule has 1 unspecified atom stereocenters. The van der Waals surface area contributed by atoms with Crippen LogP contribution in [0.25, 0.3) is 0 Å². The predicted molar refractivity (Wildman–Crippen MR) is 176 cm³/mol. The Balaban J connectivity index is 1.79. The Morgan fingerprint density at radius 2 is 1.52 bits per heavy atom. The van der Waals surface area contributed by atoms with E-state index in [9.17, 15) is 18.0 Å². The van der Waals surface area contributed by atoms with Gasteiger partial charge in [-0.3, -0.25) is 13.9 Å². The number of nitrogens with one attached hydrogen (secondary N) is 1. The zero-order valence-corrected chi connectivity index (χ0v) is 26.6. The molecule has 4 aromatic rings. The van der Waals surface area contributed by atoms with Crippen molar-refractivity contribution in [2.24, 2.45) is 0 Å². The maximum atomic E-state index is 14.5. The van der Waals surface area contributed by atoms with Crippen molar-refractivity contribution in [1.29, 1.82) is 0 Å². The maximum absolute atomic E-state index is 14.5. The standard InChI is InChI=1S/C35H38ClN3O4S/c1-3-4-22-37-35(41)33(24-28-15-7-5-8-16-28)38(25-29-17-11-12-21-32(29)36)34(40)26-39(30-18-13-14-27(2)23-30)44(42,43)31-19-9-6-10-20-31/h5-21,23,33H,3-4,22,24-26H2,1-2H3,(H,37,41). The van der Waals surface area contributed by atoms with Crippen LogP contribution in [0, 0.1) is 6.92 Å². The van der Waals surface area contributed by atoms with Crippen molar-refractivity contribution in [3.05, 3.63) is 131 Å². The van der Waals surface area contributed by atoms with E-state index in [1.165, 1.54) is 17.0 Å². The Hall–Kier alpha value is -4.14. The summed E-state index contributed by atoms with van der Waals surface area (Å²) in [5.41, 5.74) is 2.71. The SMILES string of the molecule is CCCCNC(=O)C(Cc1ccccc1)N(Cc1ccccc1Cl)C(=O)CN(c1cccc(C)c1)S(=O)(=O)c1ccccc1. The van der Waals surface area contributed by atoms with Gasteiger partial charge < -0.3 is 10.2 Å². The summed E-state index contributed by atoms with van der Waals surface area (Å²) in [5, 5.41) is 3.44. The molecule has 4 rings (SSSR count). The first kappa shape index (κ1) is 32.8. The molecule has 4 aromatic carbocycles. The molecule has 0 bridgehead atoms. The molecule has 0 saturated carbocycles. The average molecular weight is 632 g/mol. The van der Waals surface area contributed by atoms with Crippen LogP contribution >= 0.6 is 11.6 Å². The summed E-state index contributed by atoms with van der Waals surface area (Å²) >= 11 is 6.55. The first-order valence-corrected chi connectivity index (χ1v) is 16.5. The normalized spacial score (nSPS) is 11.9. The summed E-state index contributed by atoms with van der Waals surface area (Å²) in [4.78, 5) is 29.8. The van der Waals surface area contributed by atoms with Crippen LogP contribution in [0.4, 0.5) is 5.69 Å². The summed E-state index contributed by atoms with van der Waals surface area (Å²) in [6, 6.07) is 30.7. The third-order valence-corrected chi connectivity index (χ3v) is 9.46. The lowest BCUT2D eigenvalue weighted by Gasteiger charge is -2.34. The number of rotatable bonds is 14. The number of carbonyl (C=O) groups excluding carboxylic acids is 2. The molecule has 2 amide bonds. The Kier molecular flexibility index (Phi) is 11.6. The Bertz CT molecular complexity index is 1650. The fourth-order valence-corrected chi connectivity index (χ4v) is 6.52. The number of nitrogens with zero attached hydrogens (tertiary/aromatic N) is 2. The number of amides is 2. The van der Waals surface area contributed by atoms with Gasteiger partial charge in [-0.2, -0.15) is 0 Å². The van der Waals surface area contributed by atoms with Crippen LogP contribution < -0.4 is 9.62 Å². The van der Waals surface area contributed by atoms with Gasteiger partial charge in [-0.05, 0) is 60.4 Å². The van der Waals surface area contributed by atoms with Gasteiger partial charge >= 0.3 is 0 Å². The number of hydrogen-bond acceptors (Lipinski definition) is 4. The smallest absolute Gasteiger partial charge is 0.264 e. The fraction of sp³-hybridized carbons (Fsp3) is 0.257. The van der Waals surface area contributed by atoms with Gasteiger partial charge in [-0.15, -0.1) is 0 Å².